The predicted octanol–water partition coefficient (Wildman–Crippen LogP) is 4.57. The summed E-state index contributed by atoms with van der Waals surface area (Å²) in [6.07, 6.45) is 4.26. The highest BCUT2D eigenvalue weighted by Crippen LogP contribution is 2.02. The van der Waals surface area contributed by atoms with Crippen molar-refractivity contribution in [1.29, 1.82) is 0 Å². The number of aldehydes is 6. The van der Waals surface area contributed by atoms with Crippen LogP contribution in [0.2, 0.25) is 0 Å². The summed E-state index contributed by atoms with van der Waals surface area (Å²) in [6, 6.07) is 19.6. The van der Waals surface area contributed by atoms with Crippen LogP contribution in [-0.2, 0) is 0 Å². The van der Waals surface area contributed by atoms with Crippen LogP contribution in [0, 0.1) is 0 Å². The maximum Gasteiger partial charge on any atom is 0.150 e. The minimum Gasteiger partial charge on any atom is -0.298 e. The van der Waals surface area contributed by atoms with Crippen LogP contribution in [0.15, 0.2) is 72.8 Å². The number of carbonyl (C=O) groups excluding carboxylic acids is 6. The predicted molar refractivity (Wildman–Crippen MR) is 118 cm³/mol. The summed E-state index contributed by atoms with van der Waals surface area (Å²) in [6.45, 7) is 0. The lowest BCUT2D eigenvalue weighted by atomic mass is 10.1. The van der Waals surface area contributed by atoms with Crippen LogP contribution in [0.4, 0.5) is 0 Å². The van der Waals surface area contributed by atoms with Crippen LogP contribution < -0.4 is 0 Å². The Kier molecular flexibility index (Phi) is 13.4. The van der Waals surface area contributed by atoms with Gasteiger partial charge in [0.2, 0.25) is 0 Å². The zero-order valence-corrected chi connectivity index (χ0v) is 15.8. The average molecular weight is 418 g/mol. The summed E-state index contributed by atoms with van der Waals surface area (Å²) in [4.78, 5) is 61.0. The highest BCUT2D eigenvalue weighted by Gasteiger charge is 1.95. The molecule has 0 atom stereocenters. The van der Waals surface area contributed by atoms with Crippen molar-refractivity contribution in [3.63, 3.8) is 0 Å². The van der Waals surface area contributed by atoms with Crippen molar-refractivity contribution >= 4 is 37.7 Å². The van der Waals surface area contributed by atoms with Crippen LogP contribution in [0.25, 0.3) is 0 Å². The first-order chi connectivity index (χ1) is 14.6. The Morgan fingerprint density at radius 1 is 0.387 bits per heavy atom. The van der Waals surface area contributed by atoms with Crippen LogP contribution >= 0.6 is 0 Å². The fourth-order valence-corrected chi connectivity index (χ4v) is 2.08. The first-order valence-corrected chi connectivity index (χ1v) is 8.62. The lowest BCUT2D eigenvalue weighted by Gasteiger charge is -1.91. The van der Waals surface area contributed by atoms with E-state index in [4.69, 9.17) is 0 Å². The van der Waals surface area contributed by atoms with Gasteiger partial charge in [0.1, 0.15) is 25.1 Å². The molecule has 0 bridgehead atoms. The van der Waals surface area contributed by atoms with Crippen molar-refractivity contribution in [3.8, 4) is 0 Å². The fraction of sp³-hybridized carbons (Fsp3) is 0.0400. The van der Waals surface area contributed by atoms with Crippen LogP contribution in [0.3, 0.4) is 0 Å². The number of rotatable bonds is 6. The van der Waals surface area contributed by atoms with Crippen molar-refractivity contribution < 1.29 is 28.8 Å². The van der Waals surface area contributed by atoms with E-state index in [-0.39, 0.29) is 7.43 Å². The molecule has 0 spiro atoms. The molecule has 6 heteroatoms. The Morgan fingerprint density at radius 2 is 0.742 bits per heavy atom. The molecule has 158 valence electrons. The number of hydrogen-bond donors (Lipinski definition) is 0. The summed E-state index contributed by atoms with van der Waals surface area (Å²) in [7, 11) is 0. The third-order valence-electron chi connectivity index (χ3n) is 3.64. The van der Waals surface area contributed by atoms with Gasteiger partial charge in [-0.1, -0.05) is 74.2 Å². The van der Waals surface area contributed by atoms with E-state index in [9.17, 15) is 28.8 Å². The zero-order valence-electron chi connectivity index (χ0n) is 15.8. The topological polar surface area (TPSA) is 102 Å². The van der Waals surface area contributed by atoms with Crippen molar-refractivity contribution in [2.45, 2.75) is 7.43 Å². The lowest BCUT2D eigenvalue weighted by molar-refractivity contribution is 0.109. The quantitative estimate of drug-likeness (QED) is 0.543. The molecule has 0 aromatic heterocycles. The van der Waals surface area contributed by atoms with Crippen LogP contribution in [0.5, 0.6) is 0 Å². The van der Waals surface area contributed by atoms with E-state index in [0.717, 1.165) is 12.6 Å². The molecule has 3 aromatic carbocycles. The minimum absolute atomic E-state index is 0. The Morgan fingerprint density at radius 3 is 1.03 bits per heavy atom. The Labute approximate surface area is 180 Å². The molecule has 0 aliphatic carbocycles. The van der Waals surface area contributed by atoms with Gasteiger partial charge in [-0.05, 0) is 6.07 Å². The SMILES string of the molecule is C.O=Cc1ccc(C=O)cc1.O=Cc1cccc(C=O)c1.O=Cc1ccccc1C=O. The minimum atomic E-state index is 0. The van der Waals surface area contributed by atoms with E-state index in [0.29, 0.717) is 58.5 Å². The molecule has 0 aliphatic heterocycles. The van der Waals surface area contributed by atoms with Gasteiger partial charge in [-0.15, -0.1) is 0 Å². The molecule has 3 rings (SSSR count). The number of carbonyl (C=O) groups is 6. The van der Waals surface area contributed by atoms with Gasteiger partial charge in [-0.25, -0.2) is 0 Å². The monoisotopic (exact) mass is 418 g/mol. The molecule has 0 aliphatic rings. The fourth-order valence-electron chi connectivity index (χ4n) is 2.08. The second-order valence-electron chi connectivity index (χ2n) is 5.67. The van der Waals surface area contributed by atoms with Gasteiger partial charge < -0.3 is 0 Å². The van der Waals surface area contributed by atoms with E-state index < -0.39 is 0 Å². The summed E-state index contributed by atoms with van der Waals surface area (Å²) in [5.41, 5.74) is 3.13. The molecular formula is C25H22O6. The van der Waals surface area contributed by atoms with E-state index in [1.165, 1.54) is 0 Å². The first kappa shape index (κ1) is 26.7. The van der Waals surface area contributed by atoms with Crippen molar-refractivity contribution in [2.75, 3.05) is 0 Å². The van der Waals surface area contributed by atoms with Gasteiger partial charge in [-0.2, -0.15) is 0 Å². The average Bonchev–Trinajstić information content (AvgIpc) is 2.84. The van der Waals surface area contributed by atoms with Crippen LogP contribution in [0.1, 0.15) is 69.6 Å². The Hall–Kier alpha value is -4.32. The molecule has 0 radical (unpaired) electrons. The van der Waals surface area contributed by atoms with E-state index in [1.54, 1.807) is 72.8 Å². The smallest absolute Gasteiger partial charge is 0.150 e. The van der Waals surface area contributed by atoms with E-state index in [1.807, 2.05) is 0 Å². The van der Waals surface area contributed by atoms with Gasteiger partial charge in [0.05, 0.1) is 0 Å². The van der Waals surface area contributed by atoms with E-state index >= 15 is 0 Å². The standard InChI is InChI=1S/3C8H6O2.CH4/c9-5-7-1-2-8(6-10)4-3-7;9-5-7-2-1-3-8(4-7)6-10;9-5-7-3-1-2-4-8(7)6-10;/h3*1-6H;1H4. The lowest BCUT2D eigenvalue weighted by Crippen LogP contribution is -1.87. The van der Waals surface area contributed by atoms with Crippen molar-refractivity contribution in [2.24, 2.45) is 0 Å². The summed E-state index contributed by atoms with van der Waals surface area (Å²) >= 11 is 0. The van der Waals surface area contributed by atoms with Crippen LogP contribution in [-0.4, -0.2) is 37.7 Å². The first-order valence-electron chi connectivity index (χ1n) is 8.62. The van der Waals surface area contributed by atoms with Crippen molar-refractivity contribution in [1.82, 2.24) is 0 Å². The molecule has 6 nitrogen and oxygen atoms in total. The molecule has 0 N–H and O–H groups in total. The number of benzene rings is 3. The molecule has 0 fully saturated rings. The second kappa shape index (κ2) is 15.6. The third kappa shape index (κ3) is 9.62. The molecule has 3 aromatic rings. The summed E-state index contributed by atoms with van der Waals surface area (Å²) in [5, 5.41) is 0. The molecule has 0 heterocycles. The molecule has 0 saturated carbocycles. The molecule has 31 heavy (non-hydrogen) atoms. The molecular weight excluding hydrogens is 396 g/mol. The Balaban J connectivity index is 0.000000429. The maximum absolute atomic E-state index is 10.2. The summed E-state index contributed by atoms with van der Waals surface area (Å²) < 4.78 is 0. The highest BCUT2D eigenvalue weighted by atomic mass is 16.1. The zero-order chi connectivity index (χ0) is 22.2. The van der Waals surface area contributed by atoms with Gasteiger partial charge in [-0.3, -0.25) is 28.8 Å². The van der Waals surface area contributed by atoms with Gasteiger partial charge in [0, 0.05) is 33.4 Å². The molecule has 0 amide bonds. The third-order valence-corrected chi connectivity index (χ3v) is 3.64. The number of hydrogen-bond acceptors (Lipinski definition) is 6. The van der Waals surface area contributed by atoms with E-state index in [2.05, 4.69) is 0 Å². The molecule has 0 unspecified atom stereocenters. The molecule has 0 saturated heterocycles. The van der Waals surface area contributed by atoms with Gasteiger partial charge >= 0.3 is 0 Å². The van der Waals surface area contributed by atoms with Crippen molar-refractivity contribution in [3.05, 3.63) is 106 Å². The maximum atomic E-state index is 10.2. The highest BCUT2D eigenvalue weighted by molar-refractivity contribution is 5.90. The van der Waals surface area contributed by atoms with Gasteiger partial charge in [0.15, 0.2) is 12.6 Å². The normalized spacial score (nSPS) is 8.52. The largest absolute Gasteiger partial charge is 0.298 e. The summed E-state index contributed by atoms with van der Waals surface area (Å²) in [5.74, 6) is 0. The van der Waals surface area contributed by atoms with Gasteiger partial charge in [0.25, 0.3) is 0 Å². The Bertz CT molecular complexity index is 929. The second-order valence-corrected chi connectivity index (χ2v) is 5.67.